The number of aromatic nitrogens is 1. The molecule has 1 aliphatic heterocycles. The molecule has 0 aromatic carbocycles. The highest BCUT2D eigenvalue weighted by molar-refractivity contribution is 6.10. The molecule has 0 saturated carbocycles. The topological polar surface area (TPSA) is 77.9 Å². The van der Waals surface area contributed by atoms with Gasteiger partial charge in [0.1, 0.15) is 6.54 Å². The average Bonchev–Trinajstić information content (AvgIpc) is 2.84. The number of pyridine rings is 1. The molecule has 1 aromatic rings. The number of allylic oxidation sites excluding steroid dienone is 1. The second-order valence-electron chi connectivity index (χ2n) is 4.26. The van der Waals surface area contributed by atoms with E-state index in [1.54, 1.807) is 18.3 Å². The SMILES string of the molecule is O=C(OCCCOC(=O)c1cccnc1)C1=CC#CCN=C1. The van der Waals surface area contributed by atoms with Crippen molar-refractivity contribution >= 4 is 18.2 Å². The minimum atomic E-state index is -0.487. The molecule has 112 valence electrons. The lowest BCUT2D eigenvalue weighted by molar-refractivity contribution is -0.138. The molecule has 0 unspecified atom stereocenters. The first-order valence-electron chi connectivity index (χ1n) is 6.70. The van der Waals surface area contributed by atoms with Crippen LogP contribution in [0.4, 0.5) is 0 Å². The molecule has 0 spiro atoms. The van der Waals surface area contributed by atoms with E-state index >= 15 is 0 Å². The largest absolute Gasteiger partial charge is 0.462 e. The molecule has 2 rings (SSSR count). The zero-order valence-corrected chi connectivity index (χ0v) is 11.8. The Kier molecular flexibility index (Phi) is 5.88. The van der Waals surface area contributed by atoms with E-state index in [0.29, 0.717) is 24.1 Å². The predicted molar refractivity (Wildman–Crippen MR) is 79.3 cm³/mol. The van der Waals surface area contributed by atoms with Crippen LogP contribution in [-0.4, -0.2) is 42.9 Å². The minimum Gasteiger partial charge on any atom is -0.462 e. The third-order valence-corrected chi connectivity index (χ3v) is 2.62. The Labute approximate surface area is 127 Å². The molecule has 0 saturated heterocycles. The molecule has 0 radical (unpaired) electrons. The van der Waals surface area contributed by atoms with Crippen molar-refractivity contribution < 1.29 is 19.1 Å². The quantitative estimate of drug-likeness (QED) is 0.448. The predicted octanol–water partition coefficient (Wildman–Crippen LogP) is 1.19. The highest BCUT2D eigenvalue weighted by Gasteiger charge is 2.10. The smallest absolute Gasteiger partial charge is 0.340 e. The zero-order valence-electron chi connectivity index (χ0n) is 11.8. The summed E-state index contributed by atoms with van der Waals surface area (Å²) in [5.41, 5.74) is 0.704. The molecule has 0 atom stereocenters. The van der Waals surface area contributed by atoms with E-state index < -0.39 is 11.9 Å². The molecule has 0 fully saturated rings. The zero-order chi connectivity index (χ0) is 15.6. The van der Waals surface area contributed by atoms with Crippen LogP contribution in [0.3, 0.4) is 0 Å². The lowest BCUT2D eigenvalue weighted by Gasteiger charge is -2.06. The Hall–Kier alpha value is -2.94. The van der Waals surface area contributed by atoms with Crippen LogP contribution in [0.5, 0.6) is 0 Å². The van der Waals surface area contributed by atoms with Gasteiger partial charge in [-0.1, -0.05) is 11.8 Å². The number of nitrogens with zero attached hydrogens (tertiary/aromatic N) is 2. The van der Waals surface area contributed by atoms with Gasteiger partial charge in [0.25, 0.3) is 0 Å². The summed E-state index contributed by atoms with van der Waals surface area (Å²) in [4.78, 5) is 31.1. The molecular formula is C16H14N2O4. The summed E-state index contributed by atoms with van der Waals surface area (Å²) in [6.45, 7) is 0.684. The molecule has 1 aromatic heterocycles. The van der Waals surface area contributed by atoms with E-state index in [1.807, 2.05) is 0 Å². The standard InChI is InChI=1S/C16H14N2O4/c19-15(13-5-1-2-7-17-11-13)21-9-4-10-22-16(20)14-6-3-8-18-12-14/h3,5-6,8,11-12H,4,7,9-10H2. The van der Waals surface area contributed by atoms with Crippen LogP contribution >= 0.6 is 0 Å². The molecule has 6 heteroatoms. The number of esters is 2. The van der Waals surface area contributed by atoms with Crippen molar-refractivity contribution in [3.05, 3.63) is 41.7 Å². The molecule has 22 heavy (non-hydrogen) atoms. The van der Waals surface area contributed by atoms with Gasteiger partial charge in [0.2, 0.25) is 0 Å². The van der Waals surface area contributed by atoms with Crippen LogP contribution in [0, 0.1) is 11.8 Å². The van der Waals surface area contributed by atoms with E-state index in [2.05, 4.69) is 21.8 Å². The maximum absolute atomic E-state index is 11.7. The summed E-state index contributed by atoms with van der Waals surface area (Å²) in [5.74, 6) is 4.50. The van der Waals surface area contributed by atoms with E-state index in [0.717, 1.165) is 0 Å². The number of hydrogen-bond acceptors (Lipinski definition) is 6. The van der Waals surface area contributed by atoms with Gasteiger partial charge in [-0.05, 0) is 12.1 Å². The Morgan fingerprint density at radius 3 is 2.82 bits per heavy atom. The number of carbonyl (C=O) groups is 2. The third kappa shape index (κ3) is 4.87. The second kappa shape index (κ2) is 8.37. The van der Waals surface area contributed by atoms with Crippen LogP contribution in [0.25, 0.3) is 0 Å². The van der Waals surface area contributed by atoms with Crippen molar-refractivity contribution in [2.45, 2.75) is 6.42 Å². The lowest BCUT2D eigenvalue weighted by atomic mass is 10.3. The summed E-state index contributed by atoms with van der Waals surface area (Å²) in [6, 6.07) is 3.28. The summed E-state index contributed by atoms with van der Waals surface area (Å²) in [7, 11) is 0. The highest BCUT2D eigenvalue weighted by atomic mass is 16.5. The van der Waals surface area contributed by atoms with Gasteiger partial charge >= 0.3 is 11.9 Å². The van der Waals surface area contributed by atoms with Crippen molar-refractivity contribution in [1.29, 1.82) is 0 Å². The van der Waals surface area contributed by atoms with Gasteiger partial charge in [-0.15, -0.1) is 0 Å². The van der Waals surface area contributed by atoms with Crippen molar-refractivity contribution in [3.8, 4) is 11.8 Å². The third-order valence-electron chi connectivity index (χ3n) is 2.62. The molecule has 0 N–H and O–H groups in total. The lowest BCUT2D eigenvalue weighted by Crippen LogP contribution is -2.13. The number of rotatable bonds is 6. The van der Waals surface area contributed by atoms with Gasteiger partial charge < -0.3 is 9.47 Å². The summed E-state index contributed by atoms with van der Waals surface area (Å²) >= 11 is 0. The van der Waals surface area contributed by atoms with Crippen molar-refractivity contribution in [2.75, 3.05) is 19.8 Å². The van der Waals surface area contributed by atoms with Gasteiger partial charge in [-0.25, -0.2) is 9.59 Å². The Morgan fingerprint density at radius 1 is 1.23 bits per heavy atom. The van der Waals surface area contributed by atoms with E-state index in [-0.39, 0.29) is 13.2 Å². The Morgan fingerprint density at radius 2 is 2.05 bits per heavy atom. The Balaban J connectivity index is 1.65. The fourth-order valence-corrected chi connectivity index (χ4v) is 1.55. The number of aliphatic imine (C=N–C) groups is 1. The summed E-state index contributed by atoms with van der Waals surface area (Å²) in [6.07, 6.45) is 6.32. The van der Waals surface area contributed by atoms with Crippen molar-refractivity contribution in [1.82, 2.24) is 4.98 Å². The van der Waals surface area contributed by atoms with E-state index in [1.165, 1.54) is 18.5 Å². The van der Waals surface area contributed by atoms with Gasteiger partial charge in [-0.2, -0.15) is 0 Å². The van der Waals surface area contributed by atoms with Crippen LogP contribution in [0.1, 0.15) is 16.8 Å². The number of carbonyl (C=O) groups excluding carboxylic acids is 2. The Bertz CT molecular complexity index is 654. The first-order chi connectivity index (χ1) is 10.8. The fourth-order valence-electron chi connectivity index (χ4n) is 1.55. The van der Waals surface area contributed by atoms with Crippen molar-refractivity contribution in [2.24, 2.45) is 4.99 Å². The van der Waals surface area contributed by atoms with Gasteiger partial charge in [0.15, 0.2) is 0 Å². The number of hydrogen-bond donors (Lipinski definition) is 0. The molecule has 0 bridgehead atoms. The maximum Gasteiger partial charge on any atom is 0.340 e. The van der Waals surface area contributed by atoms with Gasteiger partial charge in [0.05, 0.1) is 24.4 Å². The van der Waals surface area contributed by atoms with Crippen LogP contribution in [0.15, 0.2) is 41.2 Å². The van der Waals surface area contributed by atoms with E-state index in [9.17, 15) is 9.59 Å². The van der Waals surface area contributed by atoms with Gasteiger partial charge in [0, 0.05) is 31.1 Å². The van der Waals surface area contributed by atoms with Crippen LogP contribution < -0.4 is 0 Å². The highest BCUT2D eigenvalue weighted by Crippen LogP contribution is 2.01. The van der Waals surface area contributed by atoms with Gasteiger partial charge in [-0.3, -0.25) is 9.98 Å². The van der Waals surface area contributed by atoms with Crippen LogP contribution in [0.2, 0.25) is 0 Å². The van der Waals surface area contributed by atoms with Crippen LogP contribution in [-0.2, 0) is 14.3 Å². The average molecular weight is 298 g/mol. The first-order valence-corrected chi connectivity index (χ1v) is 6.70. The molecule has 2 heterocycles. The monoisotopic (exact) mass is 298 g/mol. The first kappa shape index (κ1) is 15.4. The molecule has 0 aliphatic carbocycles. The fraction of sp³-hybridized carbons (Fsp3) is 0.250. The molecule has 6 nitrogen and oxygen atoms in total. The second-order valence-corrected chi connectivity index (χ2v) is 4.26. The summed E-state index contributed by atoms with van der Waals surface area (Å²) in [5, 5.41) is 0. The van der Waals surface area contributed by atoms with Crippen molar-refractivity contribution in [3.63, 3.8) is 0 Å². The molecular weight excluding hydrogens is 284 g/mol. The minimum absolute atomic E-state index is 0.151. The molecule has 1 aliphatic rings. The number of ether oxygens (including phenoxy) is 2. The maximum atomic E-state index is 11.7. The molecule has 0 amide bonds. The van der Waals surface area contributed by atoms with E-state index in [4.69, 9.17) is 9.47 Å². The normalized spacial score (nSPS) is 12.5. The summed E-state index contributed by atoms with van der Waals surface area (Å²) < 4.78 is 10.1.